The number of rotatable bonds is 4. The zero-order valence-corrected chi connectivity index (χ0v) is 14.1. The van der Waals surface area contributed by atoms with Crippen molar-refractivity contribution in [1.82, 2.24) is 25.3 Å². The highest BCUT2D eigenvalue weighted by atomic mass is 16.2. The van der Waals surface area contributed by atoms with E-state index in [9.17, 15) is 4.79 Å². The van der Waals surface area contributed by atoms with Crippen molar-refractivity contribution in [2.24, 2.45) is 0 Å². The molecule has 130 valence electrons. The highest BCUT2D eigenvalue weighted by Gasteiger charge is 2.26. The number of aromatic nitrogens is 4. The van der Waals surface area contributed by atoms with Gasteiger partial charge in [0.1, 0.15) is 0 Å². The minimum absolute atomic E-state index is 0.0234. The first-order valence-electron chi connectivity index (χ1n) is 8.51. The fourth-order valence-corrected chi connectivity index (χ4v) is 3.00. The van der Waals surface area contributed by atoms with Crippen molar-refractivity contribution < 1.29 is 4.79 Å². The monoisotopic (exact) mass is 346 g/mol. The van der Waals surface area contributed by atoms with Gasteiger partial charge in [-0.1, -0.05) is 30.3 Å². The maximum Gasteiger partial charge on any atom is 0.289 e. The predicted molar refractivity (Wildman–Crippen MR) is 97.6 cm³/mol. The molecule has 0 radical (unpaired) electrons. The number of nitrogens with zero attached hydrogens (tertiary/aromatic N) is 5. The molecule has 1 unspecified atom stereocenters. The number of nitrogens with one attached hydrogen (secondary N) is 1. The molecule has 1 aliphatic rings. The van der Waals surface area contributed by atoms with Crippen LogP contribution >= 0.6 is 0 Å². The zero-order valence-electron chi connectivity index (χ0n) is 14.1. The average molecular weight is 346 g/mol. The quantitative estimate of drug-likeness (QED) is 0.777. The molecule has 0 bridgehead atoms. The Balaban J connectivity index is 1.43. The Morgan fingerprint density at radius 2 is 1.81 bits per heavy atom. The van der Waals surface area contributed by atoms with E-state index in [1.807, 2.05) is 36.4 Å². The number of carbonyl (C=O) groups excluding carboxylic acids is 1. The molecule has 0 spiro atoms. The molecule has 7 nitrogen and oxygen atoms in total. The molecule has 1 saturated heterocycles. The summed E-state index contributed by atoms with van der Waals surface area (Å²) in [4.78, 5) is 31.3. The smallest absolute Gasteiger partial charge is 0.289 e. The van der Waals surface area contributed by atoms with Gasteiger partial charge < -0.3 is 10.2 Å². The first kappa shape index (κ1) is 16.1. The van der Waals surface area contributed by atoms with Crippen LogP contribution < -0.4 is 10.2 Å². The van der Waals surface area contributed by atoms with E-state index in [0.29, 0.717) is 12.5 Å². The lowest BCUT2D eigenvalue weighted by Gasteiger charge is -2.17. The lowest BCUT2D eigenvalue weighted by atomic mass is 10.1. The topological polar surface area (TPSA) is 83.9 Å². The molecule has 0 aliphatic carbocycles. The van der Waals surface area contributed by atoms with Crippen LogP contribution in [0, 0.1) is 0 Å². The van der Waals surface area contributed by atoms with Crippen LogP contribution in [0.15, 0.2) is 61.1 Å². The van der Waals surface area contributed by atoms with Crippen LogP contribution in [-0.2, 0) is 0 Å². The maximum absolute atomic E-state index is 12.2. The lowest BCUT2D eigenvalue weighted by molar-refractivity contribution is 0.0930. The van der Waals surface area contributed by atoms with Gasteiger partial charge in [-0.05, 0) is 18.6 Å². The van der Waals surface area contributed by atoms with E-state index < -0.39 is 0 Å². The van der Waals surface area contributed by atoms with Crippen molar-refractivity contribution >= 4 is 11.9 Å². The van der Waals surface area contributed by atoms with Gasteiger partial charge in [-0.15, -0.1) is 0 Å². The second-order valence-electron chi connectivity index (χ2n) is 6.09. The molecule has 1 fully saturated rings. The minimum atomic E-state index is -0.253. The minimum Gasteiger partial charge on any atom is -0.345 e. The highest BCUT2D eigenvalue weighted by molar-refractivity contribution is 5.90. The van der Waals surface area contributed by atoms with Gasteiger partial charge in [-0.25, -0.2) is 19.9 Å². The molecule has 26 heavy (non-hydrogen) atoms. The van der Waals surface area contributed by atoms with Crippen LogP contribution in [0.5, 0.6) is 0 Å². The van der Waals surface area contributed by atoms with Crippen molar-refractivity contribution in [1.29, 1.82) is 0 Å². The van der Waals surface area contributed by atoms with Crippen molar-refractivity contribution in [3.8, 4) is 11.3 Å². The van der Waals surface area contributed by atoms with Gasteiger partial charge in [0.05, 0.1) is 5.69 Å². The maximum atomic E-state index is 12.2. The Hall–Kier alpha value is -3.35. The highest BCUT2D eigenvalue weighted by Crippen LogP contribution is 2.21. The summed E-state index contributed by atoms with van der Waals surface area (Å²) in [6, 6.07) is 13.6. The summed E-state index contributed by atoms with van der Waals surface area (Å²) in [6.07, 6.45) is 5.73. The van der Waals surface area contributed by atoms with Crippen molar-refractivity contribution in [3.63, 3.8) is 0 Å². The summed E-state index contributed by atoms with van der Waals surface area (Å²) < 4.78 is 0. The Kier molecular flexibility index (Phi) is 4.51. The van der Waals surface area contributed by atoms with E-state index in [1.54, 1.807) is 24.7 Å². The predicted octanol–water partition coefficient (Wildman–Crippen LogP) is 1.94. The number of hydrogen-bond donors (Lipinski definition) is 1. The number of anilines is 1. The fourth-order valence-electron chi connectivity index (χ4n) is 3.00. The van der Waals surface area contributed by atoms with Crippen LogP contribution in [0.1, 0.15) is 17.0 Å². The van der Waals surface area contributed by atoms with Crippen molar-refractivity contribution in [3.05, 3.63) is 66.9 Å². The molecular formula is C19H18N6O. The number of hydrogen-bond acceptors (Lipinski definition) is 6. The molecule has 1 N–H and O–H groups in total. The SMILES string of the molecule is O=C(NC1CCN(c2nccc(-c3ccccc3)n2)C1)c1ncccn1. The van der Waals surface area contributed by atoms with Gasteiger partial charge in [-0.3, -0.25) is 4.79 Å². The Bertz CT molecular complexity index is 887. The molecule has 1 aliphatic heterocycles. The van der Waals surface area contributed by atoms with E-state index in [4.69, 9.17) is 0 Å². The largest absolute Gasteiger partial charge is 0.345 e. The second kappa shape index (κ2) is 7.26. The summed E-state index contributed by atoms with van der Waals surface area (Å²) in [5.74, 6) is 0.615. The molecule has 1 amide bonds. The van der Waals surface area contributed by atoms with Crippen molar-refractivity contribution in [2.45, 2.75) is 12.5 Å². The van der Waals surface area contributed by atoms with Gasteiger partial charge in [0.2, 0.25) is 11.8 Å². The zero-order chi connectivity index (χ0) is 17.8. The summed E-state index contributed by atoms with van der Waals surface area (Å²) in [7, 11) is 0. The van der Waals surface area contributed by atoms with Gasteiger partial charge in [0, 0.05) is 43.3 Å². The molecule has 4 rings (SSSR count). The van der Waals surface area contributed by atoms with Crippen LogP contribution in [0.2, 0.25) is 0 Å². The Labute approximate surface area is 151 Å². The molecule has 0 saturated carbocycles. The summed E-state index contributed by atoms with van der Waals surface area (Å²) >= 11 is 0. The third-order valence-electron chi connectivity index (χ3n) is 4.29. The fraction of sp³-hybridized carbons (Fsp3) is 0.211. The Morgan fingerprint density at radius 1 is 1.00 bits per heavy atom. The van der Waals surface area contributed by atoms with E-state index in [1.165, 1.54) is 0 Å². The van der Waals surface area contributed by atoms with E-state index >= 15 is 0 Å². The lowest BCUT2D eigenvalue weighted by Crippen LogP contribution is -2.38. The first-order valence-corrected chi connectivity index (χ1v) is 8.51. The number of amides is 1. The molecular weight excluding hydrogens is 328 g/mol. The van der Waals surface area contributed by atoms with E-state index in [2.05, 4.69) is 30.2 Å². The summed E-state index contributed by atoms with van der Waals surface area (Å²) in [5, 5.41) is 2.98. The third-order valence-corrected chi connectivity index (χ3v) is 4.29. The van der Waals surface area contributed by atoms with Gasteiger partial charge in [-0.2, -0.15) is 0 Å². The molecule has 3 heterocycles. The first-order chi connectivity index (χ1) is 12.8. The Morgan fingerprint density at radius 3 is 2.62 bits per heavy atom. The standard InChI is InChI=1S/C19H18N6O/c26-18(17-20-9-4-10-21-17)23-15-8-12-25(13-15)19-22-11-7-16(24-19)14-5-2-1-3-6-14/h1-7,9-11,15H,8,12-13H2,(H,23,26). The van der Waals surface area contributed by atoms with Gasteiger partial charge in [0.25, 0.3) is 5.91 Å². The third kappa shape index (κ3) is 3.51. The molecule has 7 heteroatoms. The van der Waals surface area contributed by atoms with Crippen LogP contribution in [0.25, 0.3) is 11.3 Å². The number of benzene rings is 1. The summed E-state index contributed by atoms with van der Waals surface area (Å²) in [6.45, 7) is 1.45. The van der Waals surface area contributed by atoms with Gasteiger partial charge in [0.15, 0.2) is 0 Å². The summed E-state index contributed by atoms with van der Waals surface area (Å²) in [5.41, 5.74) is 1.95. The van der Waals surface area contributed by atoms with Crippen LogP contribution in [0.4, 0.5) is 5.95 Å². The van der Waals surface area contributed by atoms with Crippen molar-refractivity contribution in [2.75, 3.05) is 18.0 Å². The molecule has 1 aromatic carbocycles. The van der Waals surface area contributed by atoms with Gasteiger partial charge >= 0.3 is 0 Å². The number of carbonyl (C=O) groups is 1. The molecule has 3 aromatic rings. The molecule has 2 aromatic heterocycles. The normalized spacial score (nSPS) is 16.5. The van der Waals surface area contributed by atoms with E-state index in [0.717, 1.165) is 24.2 Å². The van der Waals surface area contributed by atoms with Crippen LogP contribution in [-0.4, -0.2) is 45.0 Å². The average Bonchev–Trinajstić information content (AvgIpc) is 3.18. The molecule has 1 atom stereocenters. The van der Waals surface area contributed by atoms with Crippen LogP contribution in [0.3, 0.4) is 0 Å². The second-order valence-corrected chi connectivity index (χ2v) is 6.09. The van der Waals surface area contributed by atoms with E-state index in [-0.39, 0.29) is 17.8 Å².